The third-order valence-corrected chi connectivity index (χ3v) is 5.95. The summed E-state index contributed by atoms with van der Waals surface area (Å²) in [6.07, 6.45) is -0.880. The molecule has 164 valence electrons. The van der Waals surface area contributed by atoms with Crippen LogP contribution < -0.4 is 10.1 Å². The van der Waals surface area contributed by atoms with Crippen LogP contribution in [0, 0.1) is 15.9 Å². The molecule has 0 saturated carbocycles. The van der Waals surface area contributed by atoms with Crippen LogP contribution in [-0.4, -0.2) is 20.1 Å². The number of benzene rings is 3. The van der Waals surface area contributed by atoms with Crippen molar-refractivity contribution in [2.75, 3.05) is 5.32 Å². The van der Waals surface area contributed by atoms with Gasteiger partial charge in [0.1, 0.15) is 5.82 Å². The van der Waals surface area contributed by atoms with Gasteiger partial charge in [-0.25, -0.2) is 4.39 Å². The van der Waals surface area contributed by atoms with Crippen LogP contribution in [0.1, 0.15) is 17.4 Å². The molecule has 0 saturated heterocycles. The van der Waals surface area contributed by atoms with E-state index in [-0.39, 0.29) is 17.4 Å². The van der Waals surface area contributed by atoms with E-state index in [1.807, 2.05) is 24.3 Å². The highest BCUT2D eigenvalue weighted by Gasteiger charge is 2.30. The van der Waals surface area contributed by atoms with Crippen molar-refractivity contribution < 1.29 is 14.1 Å². The van der Waals surface area contributed by atoms with E-state index in [0.29, 0.717) is 39.0 Å². The van der Waals surface area contributed by atoms with Gasteiger partial charge in [0.15, 0.2) is 5.69 Å². The van der Waals surface area contributed by atoms with E-state index >= 15 is 0 Å². The molecule has 1 aliphatic rings. The Morgan fingerprint density at radius 1 is 1.03 bits per heavy atom. The van der Waals surface area contributed by atoms with E-state index in [1.54, 1.807) is 36.4 Å². The largest absolute Gasteiger partial charge is 0.447 e. The van der Waals surface area contributed by atoms with Gasteiger partial charge in [0.2, 0.25) is 17.3 Å². The average Bonchev–Trinajstić information content (AvgIpc) is 3.00. The van der Waals surface area contributed by atoms with E-state index in [1.165, 1.54) is 23.9 Å². The number of nitrogens with zero attached hydrogens (tertiary/aromatic N) is 4. The zero-order valence-electron chi connectivity index (χ0n) is 17.0. The van der Waals surface area contributed by atoms with Crippen LogP contribution >= 0.6 is 11.8 Å². The zero-order valence-corrected chi connectivity index (χ0v) is 17.8. The van der Waals surface area contributed by atoms with E-state index in [0.717, 1.165) is 0 Å². The van der Waals surface area contributed by atoms with Crippen molar-refractivity contribution in [2.24, 2.45) is 0 Å². The van der Waals surface area contributed by atoms with Crippen LogP contribution in [0.4, 0.5) is 15.8 Å². The van der Waals surface area contributed by atoms with Gasteiger partial charge in [-0.3, -0.25) is 10.1 Å². The number of nitro groups is 1. The monoisotopic (exact) mass is 461 g/mol. The highest BCUT2D eigenvalue weighted by Crippen LogP contribution is 2.41. The fourth-order valence-electron chi connectivity index (χ4n) is 3.48. The van der Waals surface area contributed by atoms with Gasteiger partial charge in [0, 0.05) is 23.1 Å². The summed E-state index contributed by atoms with van der Waals surface area (Å²) in [5, 5.41) is 23.6. The lowest BCUT2D eigenvalue weighted by Crippen LogP contribution is -2.18. The Kier molecular flexibility index (Phi) is 5.57. The first-order valence-corrected chi connectivity index (χ1v) is 11.0. The molecule has 0 aliphatic carbocycles. The minimum Gasteiger partial charge on any atom is -0.447 e. The Morgan fingerprint density at radius 3 is 2.64 bits per heavy atom. The van der Waals surface area contributed by atoms with Crippen LogP contribution in [0.3, 0.4) is 0 Å². The van der Waals surface area contributed by atoms with Crippen LogP contribution in [0.15, 0.2) is 78.0 Å². The number of para-hydroxylation sites is 2. The van der Waals surface area contributed by atoms with Crippen molar-refractivity contribution in [2.45, 2.75) is 17.1 Å². The van der Waals surface area contributed by atoms with Crippen molar-refractivity contribution in [3.05, 3.63) is 99.9 Å². The number of thioether (sulfide) groups is 1. The van der Waals surface area contributed by atoms with Crippen molar-refractivity contribution in [3.63, 3.8) is 0 Å². The van der Waals surface area contributed by atoms with Gasteiger partial charge in [-0.15, -0.1) is 10.2 Å². The first-order valence-electron chi connectivity index (χ1n) is 9.97. The molecule has 3 aromatic carbocycles. The van der Waals surface area contributed by atoms with E-state index < -0.39 is 11.2 Å². The van der Waals surface area contributed by atoms with Crippen LogP contribution in [0.5, 0.6) is 5.88 Å². The molecule has 33 heavy (non-hydrogen) atoms. The van der Waals surface area contributed by atoms with Gasteiger partial charge in [0.25, 0.3) is 5.69 Å². The van der Waals surface area contributed by atoms with Gasteiger partial charge in [-0.1, -0.05) is 60.3 Å². The van der Waals surface area contributed by atoms with Gasteiger partial charge in [-0.2, -0.15) is 4.98 Å². The molecule has 1 N–H and O–H groups in total. The lowest BCUT2D eigenvalue weighted by atomic mass is 10.1. The first-order chi connectivity index (χ1) is 16.1. The minimum atomic E-state index is -0.880. The molecule has 8 nitrogen and oxygen atoms in total. The number of hydrogen-bond acceptors (Lipinski definition) is 8. The van der Waals surface area contributed by atoms with Crippen molar-refractivity contribution >= 4 is 23.1 Å². The summed E-state index contributed by atoms with van der Waals surface area (Å²) in [6.45, 7) is 0. The molecule has 1 unspecified atom stereocenters. The van der Waals surface area contributed by atoms with Gasteiger partial charge < -0.3 is 10.1 Å². The SMILES string of the molecule is O=[N+]([O-])c1ccccc1C1Nc2ccccc2-c2nnc(SCc3ccccc3F)nc2O1. The molecule has 10 heteroatoms. The van der Waals surface area contributed by atoms with Gasteiger partial charge in [0.05, 0.1) is 10.5 Å². The topological polar surface area (TPSA) is 103 Å². The van der Waals surface area contributed by atoms with Crippen molar-refractivity contribution in [3.8, 4) is 17.1 Å². The Hall–Kier alpha value is -4.05. The number of anilines is 1. The first kappa shape index (κ1) is 20.8. The van der Waals surface area contributed by atoms with Crippen LogP contribution in [0.25, 0.3) is 11.3 Å². The molecule has 2 heterocycles. The Morgan fingerprint density at radius 2 is 1.79 bits per heavy atom. The van der Waals surface area contributed by atoms with Crippen molar-refractivity contribution in [1.29, 1.82) is 0 Å². The highest BCUT2D eigenvalue weighted by molar-refractivity contribution is 7.98. The molecule has 4 aromatic rings. The maximum Gasteiger partial charge on any atom is 0.278 e. The molecule has 5 rings (SSSR count). The molecular weight excluding hydrogens is 445 g/mol. The van der Waals surface area contributed by atoms with Crippen LogP contribution in [0.2, 0.25) is 0 Å². The Balaban J connectivity index is 1.53. The van der Waals surface area contributed by atoms with Gasteiger partial charge >= 0.3 is 0 Å². The third-order valence-electron chi connectivity index (χ3n) is 5.06. The number of rotatable bonds is 5. The molecule has 0 fully saturated rings. The molecular formula is C23H16FN5O3S. The summed E-state index contributed by atoms with van der Waals surface area (Å²) in [5.41, 5.74) is 2.60. The lowest BCUT2D eigenvalue weighted by molar-refractivity contribution is -0.386. The number of nitro benzene ring substituents is 1. The summed E-state index contributed by atoms with van der Waals surface area (Å²) < 4.78 is 20.1. The molecule has 0 amide bonds. The second-order valence-electron chi connectivity index (χ2n) is 7.13. The van der Waals surface area contributed by atoms with Crippen molar-refractivity contribution in [1.82, 2.24) is 15.2 Å². The molecule has 1 aliphatic heterocycles. The summed E-state index contributed by atoms with van der Waals surface area (Å²) in [5.74, 6) is 0.190. The molecule has 1 atom stereocenters. The molecule has 1 aromatic heterocycles. The van der Waals surface area contributed by atoms with E-state index in [9.17, 15) is 14.5 Å². The highest BCUT2D eigenvalue weighted by atomic mass is 32.2. The summed E-state index contributed by atoms with van der Waals surface area (Å²) >= 11 is 1.22. The zero-order chi connectivity index (χ0) is 22.8. The number of hydrogen-bond donors (Lipinski definition) is 1. The fraction of sp³-hybridized carbons (Fsp3) is 0.0870. The molecule has 0 bridgehead atoms. The number of halogens is 1. The molecule has 0 radical (unpaired) electrons. The average molecular weight is 461 g/mol. The smallest absolute Gasteiger partial charge is 0.278 e. The quantitative estimate of drug-likeness (QED) is 0.240. The maximum atomic E-state index is 14.0. The maximum absolute atomic E-state index is 14.0. The Labute approximate surface area is 192 Å². The standard InChI is InChI=1S/C23H16FN5O3S/c24-17-10-4-1-7-14(17)13-33-23-26-22-20(27-28-23)15-8-2-5-11-18(15)25-21(32-22)16-9-3-6-12-19(16)29(30)31/h1-12,21,25H,13H2. The predicted octanol–water partition coefficient (Wildman–Crippen LogP) is 5.38. The van der Waals surface area contributed by atoms with E-state index in [4.69, 9.17) is 4.74 Å². The number of ether oxygens (including phenoxy) is 1. The third kappa shape index (κ3) is 4.20. The second kappa shape index (κ2) is 8.83. The second-order valence-corrected chi connectivity index (χ2v) is 8.07. The summed E-state index contributed by atoms with van der Waals surface area (Å²) in [7, 11) is 0. The normalized spacial score (nSPS) is 14.3. The lowest BCUT2D eigenvalue weighted by Gasteiger charge is -2.19. The van der Waals surface area contributed by atoms with E-state index in [2.05, 4.69) is 20.5 Å². The predicted molar refractivity (Wildman–Crippen MR) is 121 cm³/mol. The summed E-state index contributed by atoms with van der Waals surface area (Å²) in [6, 6.07) is 20.2. The Bertz CT molecular complexity index is 1350. The molecule has 0 spiro atoms. The van der Waals surface area contributed by atoms with Crippen LogP contribution in [-0.2, 0) is 5.75 Å². The minimum absolute atomic E-state index is 0.0768. The summed E-state index contributed by atoms with van der Waals surface area (Å²) in [4.78, 5) is 15.6. The number of aromatic nitrogens is 3. The van der Waals surface area contributed by atoms with Gasteiger partial charge in [-0.05, 0) is 23.8 Å². The number of nitrogens with one attached hydrogen (secondary N) is 1. The number of fused-ring (bicyclic) bond motifs is 3. The fourth-order valence-corrected chi connectivity index (χ4v) is 4.25.